The summed E-state index contributed by atoms with van der Waals surface area (Å²) >= 11 is 0. The number of rotatable bonds is 2. The third-order valence-corrected chi connectivity index (χ3v) is 2.58. The summed E-state index contributed by atoms with van der Waals surface area (Å²) in [5.41, 5.74) is 1.31. The van der Waals surface area contributed by atoms with Crippen LogP contribution in [0.4, 0.5) is 5.95 Å². The lowest BCUT2D eigenvalue weighted by molar-refractivity contribution is 0.396. The highest BCUT2D eigenvalue weighted by Crippen LogP contribution is 2.19. The Morgan fingerprint density at radius 1 is 1.40 bits per heavy atom. The largest absolute Gasteiger partial charge is 0.481 e. The molecule has 0 spiro atoms. The quantitative estimate of drug-likeness (QED) is 0.688. The van der Waals surface area contributed by atoms with Gasteiger partial charge in [0.2, 0.25) is 11.8 Å². The van der Waals surface area contributed by atoms with Crippen molar-refractivity contribution in [2.75, 3.05) is 25.1 Å². The molecule has 4 heteroatoms. The molecular formula is C11H15N3O. The first-order chi connectivity index (χ1) is 7.29. The lowest BCUT2D eigenvalue weighted by atomic mass is 10.1. The molecule has 0 N–H and O–H groups in total. The Labute approximate surface area is 89.6 Å². The molecule has 80 valence electrons. The van der Waals surface area contributed by atoms with Gasteiger partial charge in [0.05, 0.1) is 7.11 Å². The first-order valence-electron chi connectivity index (χ1n) is 5.08. The number of methoxy groups -OCH3 is 1. The fourth-order valence-electron chi connectivity index (χ4n) is 1.62. The second kappa shape index (κ2) is 4.29. The molecule has 2 rings (SSSR count). The van der Waals surface area contributed by atoms with Crippen molar-refractivity contribution in [2.24, 2.45) is 0 Å². The second-order valence-corrected chi connectivity index (χ2v) is 3.64. The molecule has 1 saturated heterocycles. The van der Waals surface area contributed by atoms with Crippen LogP contribution in [-0.2, 0) is 0 Å². The van der Waals surface area contributed by atoms with Gasteiger partial charge in [-0.05, 0) is 12.8 Å². The van der Waals surface area contributed by atoms with Crippen LogP contribution in [0, 0.1) is 0 Å². The number of piperidine rings is 1. The third-order valence-electron chi connectivity index (χ3n) is 2.58. The molecule has 0 aliphatic carbocycles. The Morgan fingerprint density at radius 3 is 2.80 bits per heavy atom. The Hall–Kier alpha value is -1.58. The van der Waals surface area contributed by atoms with E-state index in [1.165, 1.54) is 5.57 Å². The second-order valence-electron chi connectivity index (χ2n) is 3.64. The molecule has 0 radical (unpaired) electrons. The average molecular weight is 205 g/mol. The van der Waals surface area contributed by atoms with Crippen LogP contribution in [0.1, 0.15) is 12.8 Å². The molecule has 0 unspecified atom stereocenters. The summed E-state index contributed by atoms with van der Waals surface area (Å²) in [5, 5.41) is 0. The lowest BCUT2D eigenvalue weighted by Crippen LogP contribution is -2.31. The standard InChI is InChI=1S/C11H15N3O/c1-9-4-7-14(8-5-9)11-12-6-3-10(13-11)15-2/h3,6H,1,4-5,7-8H2,2H3. The monoisotopic (exact) mass is 205 g/mol. The maximum Gasteiger partial charge on any atom is 0.228 e. The van der Waals surface area contributed by atoms with E-state index < -0.39 is 0 Å². The molecule has 0 atom stereocenters. The normalized spacial score (nSPS) is 16.6. The van der Waals surface area contributed by atoms with Crippen LogP contribution in [-0.4, -0.2) is 30.2 Å². The van der Waals surface area contributed by atoms with Crippen LogP contribution in [0.3, 0.4) is 0 Å². The highest BCUT2D eigenvalue weighted by atomic mass is 16.5. The van der Waals surface area contributed by atoms with Crippen molar-refractivity contribution in [3.05, 3.63) is 24.4 Å². The zero-order valence-corrected chi connectivity index (χ0v) is 8.94. The first-order valence-corrected chi connectivity index (χ1v) is 5.08. The van der Waals surface area contributed by atoms with Gasteiger partial charge >= 0.3 is 0 Å². The minimum Gasteiger partial charge on any atom is -0.481 e. The summed E-state index contributed by atoms with van der Waals surface area (Å²) in [6, 6.07) is 1.76. The van der Waals surface area contributed by atoms with Gasteiger partial charge in [0.25, 0.3) is 0 Å². The highest BCUT2D eigenvalue weighted by molar-refractivity contribution is 5.33. The molecule has 0 amide bonds. The zero-order valence-electron chi connectivity index (χ0n) is 8.94. The molecule has 0 aromatic carbocycles. The first kappa shape index (κ1) is 9.96. The van der Waals surface area contributed by atoms with Crippen molar-refractivity contribution in [1.82, 2.24) is 9.97 Å². The molecule has 1 aromatic heterocycles. The van der Waals surface area contributed by atoms with E-state index in [4.69, 9.17) is 4.74 Å². The molecule has 1 aliphatic rings. The fourth-order valence-corrected chi connectivity index (χ4v) is 1.62. The van der Waals surface area contributed by atoms with Gasteiger partial charge in [0.15, 0.2) is 0 Å². The van der Waals surface area contributed by atoms with Crippen molar-refractivity contribution < 1.29 is 4.74 Å². The molecule has 2 heterocycles. The molecule has 15 heavy (non-hydrogen) atoms. The SMILES string of the molecule is C=C1CCN(c2nccc(OC)n2)CC1. The summed E-state index contributed by atoms with van der Waals surface area (Å²) in [6.07, 6.45) is 3.78. The van der Waals surface area contributed by atoms with Gasteiger partial charge in [-0.2, -0.15) is 4.98 Å². The Bertz CT molecular complexity index is 355. The van der Waals surface area contributed by atoms with E-state index in [0.29, 0.717) is 5.88 Å². The number of hydrogen-bond acceptors (Lipinski definition) is 4. The molecule has 0 saturated carbocycles. The van der Waals surface area contributed by atoms with Gasteiger partial charge in [-0.1, -0.05) is 12.2 Å². The van der Waals surface area contributed by atoms with Gasteiger partial charge < -0.3 is 9.64 Å². The number of ether oxygens (including phenoxy) is 1. The van der Waals surface area contributed by atoms with Crippen molar-refractivity contribution in [2.45, 2.75) is 12.8 Å². The molecule has 4 nitrogen and oxygen atoms in total. The Kier molecular flexibility index (Phi) is 2.85. The van der Waals surface area contributed by atoms with Crippen LogP contribution < -0.4 is 9.64 Å². The highest BCUT2D eigenvalue weighted by Gasteiger charge is 2.15. The summed E-state index contributed by atoms with van der Waals surface area (Å²) in [7, 11) is 1.62. The maximum absolute atomic E-state index is 5.07. The predicted molar refractivity (Wildman–Crippen MR) is 59.2 cm³/mol. The van der Waals surface area contributed by atoms with Gasteiger partial charge in [-0.15, -0.1) is 0 Å². The van der Waals surface area contributed by atoms with E-state index in [9.17, 15) is 0 Å². The minimum atomic E-state index is 0.615. The van der Waals surface area contributed by atoms with Crippen LogP contribution >= 0.6 is 0 Å². The van der Waals surface area contributed by atoms with E-state index in [-0.39, 0.29) is 0 Å². The minimum absolute atomic E-state index is 0.615. The van der Waals surface area contributed by atoms with Crippen molar-refractivity contribution in [3.63, 3.8) is 0 Å². The molecule has 1 fully saturated rings. The van der Waals surface area contributed by atoms with Crippen molar-refractivity contribution in [1.29, 1.82) is 0 Å². The van der Waals surface area contributed by atoms with E-state index in [1.807, 2.05) is 0 Å². The lowest BCUT2D eigenvalue weighted by Gasteiger charge is -2.27. The predicted octanol–water partition coefficient (Wildman–Crippen LogP) is 1.64. The van der Waals surface area contributed by atoms with Gasteiger partial charge in [-0.3, -0.25) is 0 Å². The van der Waals surface area contributed by atoms with Crippen LogP contribution in [0.2, 0.25) is 0 Å². The number of hydrogen-bond donors (Lipinski definition) is 0. The molecule has 1 aromatic rings. The van der Waals surface area contributed by atoms with Crippen molar-refractivity contribution in [3.8, 4) is 5.88 Å². The van der Waals surface area contributed by atoms with E-state index >= 15 is 0 Å². The fraction of sp³-hybridized carbons (Fsp3) is 0.455. The van der Waals surface area contributed by atoms with Gasteiger partial charge in [0.1, 0.15) is 0 Å². The van der Waals surface area contributed by atoms with Gasteiger partial charge in [-0.25, -0.2) is 4.98 Å². The van der Waals surface area contributed by atoms with E-state index in [0.717, 1.165) is 31.9 Å². The molecule has 1 aliphatic heterocycles. The Balaban J connectivity index is 2.11. The summed E-state index contributed by atoms with van der Waals surface area (Å²) in [5.74, 6) is 1.37. The smallest absolute Gasteiger partial charge is 0.228 e. The van der Waals surface area contributed by atoms with Crippen LogP contribution in [0.5, 0.6) is 5.88 Å². The Morgan fingerprint density at radius 2 is 2.13 bits per heavy atom. The van der Waals surface area contributed by atoms with E-state index in [1.54, 1.807) is 19.4 Å². The number of anilines is 1. The summed E-state index contributed by atoms with van der Waals surface area (Å²) in [4.78, 5) is 10.7. The van der Waals surface area contributed by atoms with E-state index in [2.05, 4.69) is 21.4 Å². The van der Waals surface area contributed by atoms with Crippen LogP contribution in [0.15, 0.2) is 24.4 Å². The number of nitrogens with zero attached hydrogens (tertiary/aromatic N) is 3. The average Bonchev–Trinajstić information content (AvgIpc) is 2.30. The van der Waals surface area contributed by atoms with Gasteiger partial charge in [0, 0.05) is 25.4 Å². The van der Waals surface area contributed by atoms with Crippen LogP contribution in [0.25, 0.3) is 0 Å². The maximum atomic E-state index is 5.07. The topological polar surface area (TPSA) is 38.2 Å². The number of aromatic nitrogens is 2. The third kappa shape index (κ3) is 2.26. The molecule has 0 bridgehead atoms. The summed E-state index contributed by atoms with van der Waals surface area (Å²) < 4.78 is 5.07. The van der Waals surface area contributed by atoms with Crippen molar-refractivity contribution >= 4 is 5.95 Å². The zero-order chi connectivity index (χ0) is 10.7. The molecular weight excluding hydrogens is 190 g/mol. The summed E-state index contributed by atoms with van der Waals surface area (Å²) in [6.45, 7) is 5.88.